The molecule has 0 atom stereocenters. The normalized spacial score (nSPS) is 11.1. The van der Waals surface area contributed by atoms with E-state index in [0.29, 0.717) is 17.9 Å². The first-order valence-electron chi connectivity index (χ1n) is 6.47. The smallest absolute Gasteiger partial charge is 0.326 e. The molecular weight excluding hydrogens is 252 g/mol. The fraction of sp³-hybridized carbons (Fsp3) is 0.200. The molecule has 3 N–H and O–H groups in total. The van der Waals surface area contributed by atoms with Crippen molar-refractivity contribution in [3.63, 3.8) is 0 Å². The SMILES string of the molecule is Cc1nc(N)c2[nH]c(=O)n(Cc3ccccc3)c2c1C. The van der Waals surface area contributed by atoms with Crippen molar-refractivity contribution >= 4 is 16.9 Å². The third-order valence-electron chi connectivity index (χ3n) is 3.61. The van der Waals surface area contributed by atoms with Crippen LogP contribution in [0.4, 0.5) is 5.82 Å². The van der Waals surface area contributed by atoms with Gasteiger partial charge in [-0.05, 0) is 25.0 Å². The lowest BCUT2D eigenvalue weighted by Gasteiger charge is -2.08. The summed E-state index contributed by atoms with van der Waals surface area (Å²) in [5, 5.41) is 0. The third kappa shape index (κ3) is 1.87. The number of aromatic amines is 1. The molecule has 2 heterocycles. The van der Waals surface area contributed by atoms with E-state index >= 15 is 0 Å². The summed E-state index contributed by atoms with van der Waals surface area (Å²) in [5.41, 5.74) is 10.1. The fourth-order valence-electron chi connectivity index (χ4n) is 2.45. The van der Waals surface area contributed by atoms with Crippen LogP contribution in [-0.2, 0) is 6.54 Å². The van der Waals surface area contributed by atoms with Gasteiger partial charge in [0.25, 0.3) is 0 Å². The summed E-state index contributed by atoms with van der Waals surface area (Å²) in [5.74, 6) is 0.368. The van der Waals surface area contributed by atoms with Crippen LogP contribution < -0.4 is 11.4 Å². The number of anilines is 1. The minimum atomic E-state index is -0.161. The Labute approximate surface area is 116 Å². The van der Waals surface area contributed by atoms with Crippen LogP contribution in [0, 0.1) is 13.8 Å². The summed E-state index contributed by atoms with van der Waals surface area (Å²) < 4.78 is 1.71. The maximum absolute atomic E-state index is 12.2. The number of aromatic nitrogens is 3. The van der Waals surface area contributed by atoms with Gasteiger partial charge in [-0.25, -0.2) is 9.78 Å². The number of nitrogen functional groups attached to an aromatic ring is 1. The molecule has 0 fully saturated rings. The highest BCUT2D eigenvalue weighted by molar-refractivity contribution is 5.88. The molecule has 3 aromatic rings. The molecule has 0 amide bonds. The van der Waals surface area contributed by atoms with Gasteiger partial charge in [0.2, 0.25) is 0 Å². The first kappa shape index (κ1) is 12.5. The van der Waals surface area contributed by atoms with Gasteiger partial charge in [0.05, 0.1) is 12.1 Å². The van der Waals surface area contributed by atoms with Gasteiger partial charge < -0.3 is 10.7 Å². The van der Waals surface area contributed by atoms with Crippen LogP contribution >= 0.6 is 0 Å². The van der Waals surface area contributed by atoms with E-state index in [1.807, 2.05) is 44.2 Å². The third-order valence-corrected chi connectivity index (χ3v) is 3.61. The van der Waals surface area contributed by atoms with Gasteiger partial charge in [0.15, 0.2) is 0 Å². The lowest BCUT2D eigenvalue weighted by Crippen LogP contribution is -2.17. The van der Waals surface area contributed by atoms with Gasteiger partial charge in [-0.15, -0.1) is 0 Å². The predicted octanol–water partition coefficient (Wildman–Crippen LogP) is 1.97. The summed E-state index contributed by atoms with van der Waals surface area (Å²) in [4.78, 5) is 19.2. The molecule has 0 saturated heterocycles. The molecule has 0 saturated carbocycles. The second kappa shape index (κ2) is 4.52. The van der Waals surface area contributed by atoms with Crippen LogP contribution in [-0.4, -0.2) is 14.5 Å². The maximum atomic E-state index is 12.2. The molecule has 0 bridgehead atoms. The van der Waals surface area contributed by atoms with E-state index in [2.05, 4.69) is 9.97 Å². The van der Waals surface area contributed by atoms with Crippen molar-refractivity contribution < 1.29 is 0 Å². The summed E-state index contributed by atoms with van der Waals surface area (Å²) in [6.45, 7) is 4.37. The lowest BCUT2D eigenvalue weighted by atomic mass is 10.1. The molecule has 2 aromatic heterocycles. The molecule has 0 unspecified atom stereocenters. The van der Waals surface area contributed by atoms with Crippen LogP contribution in [0.25, 0.3) is 11.0 Å². The van der Waals surface area contributed by atoms with Crippen LogP contribution in [0.5, 0.6) is 0 Å². The Balaban J connectivity index is 2.26. The molecule has 102 valence electrons. The lowest BCUT2D eigenvalue weighted by molar-refractivity contribution is 0.784. The number of aryl methyl sites for hydroxylation is 2. The molecule has 0 aliphatic carbocycles. The Bertz CT molecular complexity index is 830. The number of imidazole rings is 1. The number of hydrogen-bond donors (Lipinski definition) is 2. The highest BCUT2D eigenvalue weighted by atomic mass is 16.1. The second-order valence-electron chi connectivity index (χ2n) is 4.93. The van der Waals surface area contributed by atoms with Crippen molar-refractivity contribution in [2.75, 3.05) is 5.73 Å². The summed E-state index contributed by atoms with van der Waals surface area (Å²) in [6, 6.07) is 9.88. The molecule has 5 heteroatoms. The minimum absolute atomic E-state index is 0.161. The van der Waals surface area contributed by atoms with E-state index in [4.69, 9.17) is 5.73 Å². The van der Waals surface area contributed by atoms with Crippen LogP contribution in [0.1, 0.15) is 16.8 Å². The van der Waals surface area contributed by atoms with E-state index < -0.39 is 0 Å². The number of hydrogen-bond acceptors (Lipinski definition) is 3. The molecule has 0 aliphatic heterocycles. The number of fused-ring (bicyclic) bond motifs is 1. The molecule has 0 aliphatic rings. The Morgan fingerprint density at radius 1 is 1.25 bits per heavy atom. The Morgan fingerprint density at radius 2 is 1.95 bits per heavy atom. The highest BCUT2D eigenvalue weighted by Crippen LogP contribution is 2.22. The Hall–Kier alpha value is -2.56. The number of benzene rings is 1. The van der Waals surface area contributed by atoms with E-state index in [-0.39, 0.29) is 5.69 Å². The highest BCUT2D eigenvalue weighted by Gasteiger charge is 2.14. The summed E-state index contributed by atoms with van der Waals surface area (Å²) in [7, 11) is 0. The molecule has 0 spiro atoms. The van der Waals surface area contributed by atoms with E-state index in [9.17, 15) is 4.79 Å². The minimum Gasteiger partial charge on any atom is -0.382 e. The quantitative estimate of drug-likeness (QED) is 0.746. The van der Waals surface area contributed by atoms with Crippen molar-refractivity contribution in [1.82, 2.24) is 14.5 Å². The number of rotatable bonds is 2. The first-order valence-corrected chi connectivity index (χ1v) is 6.47. The average Bonchev–Trinajstić information content (AvgIpc) is 2.76. The standard InChI is InChI=1S/C15H16N4O/c1-9-10(2)17-14(16)12-13(9)19(15(20)18-12)8-11-6-4-3-5-7-11/h3-7H,8H2,1-2H3,(H2,16,17)(H,18,20). The van der Waals surface area contributed by atoms with Crippen molar-refractivity contribution in [3.05, 3.63) is 57.6 Å². The van der Waals surface area contributed by atoms with Crippen molar-refractivity contribution in [2.45, 2.75) is 20.4 Å². The molecule has 0 radical (unpaired) electrons. The van der Waals surface area contributed by atoms with E-state index in [0.717, 1.165) is 22.3 Å². The van der Waals surface area contributed by atoms with E-state index in [1.54, 1.807) is 4.57 Å². The summed E-state index contributed by atoms with van der Waals surface area (Å²) >= 11 is 0. The maximum Gasteiger partial charge on any atom is 0.326 e. The number of nitrogens with one attached hydrogen (secondary N) is 1. The number of pyridine rings is 1. The molecule has 5 nitrogen and oxygen atoms in total. The van der Waals surface area contributed by atoms with Crippen molar-refractivity contribution in [2.24, 2.45) is 0 Å². The topological polar surface area (TPSA) is 76.7 Å². The van der Waals surface area contributed by atoms with Gasteiger partial charge >= 0.3 is 5.69 Å². The zero-order valence-corrected chi connectivity index (χ0v) is 11.5. The Kier molecular flexibility index (Phi) is 2.82. The monoisotopic (exact) mass is 268 g/mol. The van der Waals surface area contributed by atoms with Crippen molar-refractivity contribution in [3.8, 4) is 0 Å². The van der Waals surface area contributed by atoms with Gasteiger partial charge in [0.1, 0.15) is 11.3 Å². The zero-order chi connectivity index (χ0) is 14.3. The predicted molar refractivity (Wildman–Crippen MR) is 79.8 cm³/mol. The number of nitrogens with two attached hydrogens (primary N) is 1. The molecule has 3 rings (SSSR count). The average molecular weight is 268 g/mol. The van der Waals surface area contributed by atoms with Gasteiger partial charge in [-0.1, -0.05) is 30.3 Å². The zero-order valence-electron chi connectivity index (χ0n) is 11.5. The second-order valence-corrected chi connectivity index (χ2v) is 4.93. The van der Waals surface area contributed by atoms with Gasteiger partial charge in [-0.2, -0.15) is 0 Å². The van der Waals surface area contributed by atoms with E-state index in [1.165, 1.54) is 0 Å². The van der Waals surface area contributed by atoms with Gasteiger partial charge in [0, 0.05) is 5.69 Å². The Morgan fingerprint density at radius 3 is 2.65 bits per heavy atom. The van der Waals surface area contributed by atoms with Crippen LogP contribution in [0.3, 0.4) is 0 Å². The fourth-order valence-corrected chi connectivity index (χ4v) is 2.45. The van der Waals surface area contributed by atoms with Gasteiger partial charge in [-0.3, -0.25) is 4.57 Å². The first-order chi connectivity index (χ1) is 9.58. The molecule has 1 aromatic carbocycles. The summed E-state index contributed by atoms with van der Waals surface area (Å²) in [6.07, 6.45) is 0. The van der Waals surface area contributed by atoms with Crippen LogP contribution in [0.2, 0.25) is 0 Å². The van der Waals surface area contributed by atoms with Crippen LogP contribution in [0.15, 0.2) is 35.1 Å². The number of nitrogens with zero attached hydrogens (tertiary/aromatic N) is 2. The largest absolute Gasteiger partial charge is 0.382 e. The molecular formula is C15H16N4O. The molecule has 20 heavy (non-hydrogen) atoms. The number of H-pyrrole nitrogens is 1. The van der Waals surface area contributed by atoms with Crippen molar-refractivity contribution in [1.29, 1.82) is 0 Å².